The third kappa shape index (κ3) is 94.2. The molecule has 0 atom stereocenters. The lowest BCUT2D eigenvalue weighted by Crippen LogP contribution is -2.38. The highest BCUT2D eigenvalue weighted by Crippen LogP contribution is 1.51. The van der Waals surface area contributed by atoms with Gasteiger partial charge in [-0.25, -0.2) is 28.8 Å². The normalized spacial score (nSPS) is 6.13. The number of H-pyrrole nitrogens is 3. The molecule has 15 N–H and O–H groups in total. The van der Waals surface area contributed by atoms with E-state index in [1.165, 1.54) is 0 Å². The molecule has 0 unspecified atom stereocenters. The summed E-state index contributed by atoms with van der Waals surface area (Å²) in [5.74, 6) is 0. The van der Waals surface area contributed by atoms with E-state index in [9.17, 15) is 24.0 Å². The molecule has 0 saturated heterocycles. The van der Waals surface area contributed by atoms with Gasteiger partial charge in [0.15, 0.2) is 0 Å². The van der Waals surface area contributed by atoms with Crippen molar-refractivity contribution in [2.75, 3.05) is 0 Å². The predicted octanol–water partition coefficient (Wildman–Crippen LogP) is -6.08. The number of imide groups is 1. The first kappa shape index (κ1) is 39.5. The third-order valence-electron chi connectivity index (χ3n) is 0.928. The number of carbonyl (C=O) groups is 3. The number of carbonyl (C=O) groups excluding carboxylic acids is 9. The molecular weight excluding hydrogens is 426 g/mol. The molecule has 1 rings (SSSR count). The molecule has 168 valence electrons. The number of aromatic nitrogens is 3. The molecule has 30 heavy (non-hydrogen) atoms. The molecule has 1 aromatic rings. The van der Waals surface area contributed by atoms with Gasteiger partial charge in [0.1, 0.15) is 0 Å². The number of aromatic amines is 3. The predicted molar refractivity (Wildman–Crippen MR) is 84.4 cm³/mol. The number of nitrogens with two attached hydrogens (primary N) is 4. The Morgan fingerprint density at radius 1 is 0.600 bits per heavy atom. The maximum absolute atomic E-state index is 10.2. The zero-order chi connectivity index (χ0) is 24.4. The molecule has 0 aliphatic rings. The molecule has 0 fully saturated rings. The van der Waals surface area contributed by atoms with Gasteiger partial charge >= 0.3 is 53.6 Å². The summed E-state index contributed by atoms with van der Waals surface area (Å²) in [6, 6.07) is -2.71. The first-order chi connectivity index (χ1) is 13.3. The molecule has 1 heterocycles. The van der Waals surface area contributed by atoms with Crippen LogP contribution in [0.2, 0.25) is 0 Å². The van der Waals surface area contributed by atoms with Crippen LogP contribution in [0.25, 0.3) is 0 Å². The summed E-state index contributed by atoms with van der Waals surface area (Å²) < 4.78 is 0. The fourth-order valence-corrected chi connectivity index (χ4v) is 0.525. The summed E-state index contributed by atoms with van der Waals surface area (Å²) >= 11 is 0. The number of rotatable bonds is 0. The van der Waals surface area contributed by atoms with Crippen LogP contribution in [0.4, 0.5) is 14.4 Å². The highest BCUT2D eigenvalue weighted by molar-refractivity contribution is 5.91. The van der Waals surface area contributed by atoms with Gasteiger partial charge in [-0.15, -0.1) is 0 Å². The van der Waals surface area contributed by atoms with Crippen molar-refractivity contribution in [2.45, 2.75) is 0 Å². The number of hydrogen-bond acceptors (Lipinski definition) is 13. The Labute approximate surface area is 161 Å². The molecule has 0 aliphatic heterocycles. The van der Waals surface area contributed by atoms with Crippen LogP contribution >= 0.6 is 0 Å². The summed E-state index contributed by atoms with van der Waals surface area (Å²) in [5.41, 5.74) is 15.0. The van der Waals surface area contributed by atoms with Crippen molar-refractivity contribution in [2.24, 2.45) is 22.9 Å². The quantitative estimate of drug-likeness (QED) is 0.181. The van der Waals surface area contributed by atoms with Crippen LogP contribution < -0.4 is 51.5 Å². The van der Waals surface area contributed by atoms with E-state index in [1.54, 1.807) is 20.3 Å². The molecule has 0 spiro atoms. The van der Waals surface area contributed by atoms with Crippen LogP contribution in [0, 0.1) is 0 Å². The Hall–Kier alpha value is -5.48. The largest absolute Gasteiger partial charge is 0.373 e. The Morgan fingerprint density at radius 2 is 0.733 bits per heavy atom. The lowest BCUT2D eigenvalue weighted by Gasteiger charge is -1.88. The van der Waals surface area contributed by atoms with Crippen LogP contribution in [0.15, 0.2) is 14.4 Å². The number of primary amides is 4. The van der Waals surface area contributed by atoms with Crippen LogP contribution in [-0.2, 0) is 28.8 Å². The Balaban J connectivity index is -0.0000000616. The van der Waals surface area contributed by atoms with E-state index >= 15 is 0 Å². The van der Waals surface area contributed by atoms with Crippen molar-refractivity contribution in [1.29, 1.82) is 0 Å². The Bertz CT molecular complexity index is 756. The molecule has 1 aromatic heterocycles. The average Bonchev–Trinajstić information content (AvgIpc) is 2.46. The van der Waals surface area contributed by atoms with E-state index in [0.29, 0.717) is 0 Å². The molecule has 0 saturated carbocycles. The summed E-state index contributed by atoms with van der Waals surface area (Å²) in [7, 11) is 0. The molecule has 6 amide bonds. The number of nitrogens with one attached hydrogen (secondary N) is 4. The topological polar surface area (TPSA) is 403 Å². The molecule has 0 aliphatic carbocycles. The van der Waals surface area contributed by atoms with Gasteiger partial charge < -0.3 is 29.1 Å². The summed E-state index contributed by atoms with van der Waals surface area (Å²) in [6.45, 7) is 0. The van der Waals surface area contributed by atoms with Gasteiger partial charge in [-0.3, -0.25) is 20.3 Å². The SMILES string of the molecule is N.NC(=O)NC(N)=O.NC(N)=O.O=C=O.O=C=O.O=C=O.O=c1[nH]c(=O)[nH]c(=O)[nH]1. The minimum absolute atomic E-state index is 0. The van der Waals surface area contributed by atoms with Gasteiger partial charge in [0.05, 0.1) is 0 Å². The van der Waals surface area contributed by atoms with Gasteiger partial charge in [-0.1, -0.05) is 0 Å². The summed E-state index contributed by atoms with van der Waals surface area (Å²) in [4.78, 5) is 113. The second kappa shape index (κ2) is 31.3. The van der Waals surface area contributed by atoms with Gasteiger partial charge in [0, 0.05) is 0 Å². The summed E-state index contributed by atoms with van der Waals surface area (Å²) in [5, 5.41) is 1.58. The number of urea groups is 3. The van der Waals surface area contributed by atoms with Crippen molar-refractivity contribution in [3.05, 3.63) is 31.5 Å². The van der Waals surface area contributed by atoms with Crippen LogP contribution in [0.1, 0.15) is 0 Å². The van der Waals surface area contributed by atoms with E-state index in [4.69, 9.17) is 33.6 Å². The Morgan fingerprint density at radius 3 is 0.800 bits per heavy atom. The molecule has 21 heteroatoms. The minimum atomic E-state index is -0.938. The smallest absolute Gasteiger partial charge is 0.352 e. The maximum atomic E-state index is 10.2. The first-order valence-corrected chi connectivity index (χ1v) is 5.60. The van der Waals surface area contributed by atoms with Crippen molar-refractivity contribution in [3.8, 4) is 0 Å². The van der Waals surface area contributed by atoms with E-state index in [2.05, 4.69) is 22.9 Å². The van der Waals surface area contributed by atoms with Crippen molar-refractivity contribution in [3.63, 3.8) is 0 Å². The third-order valence-corrected chi connectivity index (χ3v) is 0.928. The van der Waals surface area contributed by atoms with Crippen LogP contribution in [0.5, 0.6) is 0 Å². The second-order valence-corrected chi connectivity index (χ2v) is 2.87. The van der Waals surface area contributed by atoms with E-state index in [0.717, 1.165) is 0 Å². The Kier molecular flexibility index (Phi) is 41.3. The van der Waals surface area contributed by atoms with E-state index < -0.39 is 35.2 Å². The second-order valence-electron chi connectivity index (χ2n) is 2.87. The minimum Gasteiger partial charge on any atom is -0.352 e. The molecule has 0 aromatic carbocycles. The highest BCUT2D eigenvalue weighted by atomic mass is 16.2. The van der Waals surface area contributed by atoms with Crippen molar-refractivity contribution >= 4 is 36.5 Å². The van der Waals surface area contributed by atoms with Crippen LogP contribution in [-0.4, -0.2) is 51.5 Å². The standard InChI is InChI=1S/C3H3N3O3.C2H5N3O2.CH4N2O.3CO2.H3N/c7-1-4-2(8)6-3(9)5-1;3-1(6)5-2(4)7;2-1(3)4;3*2-1-3;/h(H3,4,5,6,7,8,9);(H5,3,4,5,6,7);(H4,2,3,4);;;;1H3. The number of hydrogen-bond donors (Lipinski definition) is 9. The first-order valence-electron chi connectivity index (χ1n) is 5.60. The lowest BCUT2D eigenvalue weighted by molar-refractivity contribution is -0.193. The fraction of sp³-hybridized carbons (Fsp3) is 0. The van der Waals surface area contributed by atoms with Crippen molar-refractivity contribution < 1.29 is 43.2 Å². The van der Waals surface area contributed by atoms with Gasteiger partial charge in [0.2, 0.25) is 0 Å². The molecule has 0 radical (unpaired) electrons. The monoisotopic (exact) mass is 441 g/mol. The zero-order valence-electron chi connectivity index (χ0n) is 14.4. The maximum Gasteiger partial charge on any atom is 0.373 e. The molecule has 21 nitrogen and oxygen atoms in total. The fourth-order valence-electron chi connectivity index (χ4n) is 0.525. The van der Waals surface area contributed by atoms with E-state index in [1.807, 2.05) is 0 Å². The zero-order valence-corrected chi connectivity index (χ0v) is 14.4. The lowest BCUT2D eigenvalue weighted by atomic mass is 10.9. The highest BCUT2D eigenvalue weighted by Gasteiger charge is 1.92. The van der Waals surface area contributed by atoms with Gasteiger partial charge in [-0.05, 0) is 0 Å². The van der Waals surface area contributed by atoms with Crippen LogP contribution in [0.3, 0.4) is 0 Å². The van der Waals surface area contributed by atoms with E-state index in [-0.39, 0.29) is 24.6 Å². The average molecular weight is 441 g/mol. The number of amides is 6. The summed E-state index contributed by atoms with van der Waals surface area (Å²) in [6.07, 6.45) is 0.750. The molecule has 0 bridgehead atoms. The van der Waals surface area contributed by atoms with Gasteiger partial charge in [0.25, 0.3) is 0 Å². The van der Waals surface area contributed by atoms with Crippen molar-refractivity contribution in [1.82, 2.24) is 26.4 Å². The van der Waals surface area contributed by atoms with Gasteiger partial charge in [-0.2, -0.15) is 28.8 Å². The molecular formula is C9H15N9O12.